The second-order valence-electron chi connectivity index (χ2n) is 4.68. The molecule has 2 bridgehead atoms. The number of carbonyl (C=O) groups excluding carboxylic acids is 1. The van der Waals surface area contributed by atoms with E-state index in [1.54, 1.807) is 0 Å². The van der Waals surface area contributed by atoms with Crippen LogP contribution in [-0.2, 0) is 9.53 Å². The first kappa shape index (κ1) is 10.9. The van der Waals surface area contributed by atoms with Gasteiger partial charge < -0.3 is 9.64 Å². The average Bonchev–Trinajstić information content (AvgIpc) is 2.49. The fourth-order valence-electron chi connectivity index (χ4n) is 2.81. The first-order valence-corrected chi connectivity index (χ1v) is 5.72. The van der Waals surface area contributed by atoms with Crippen LogP contribution in [0.25, 0.3) is 0 Å². The van der Waals surface area contributed by atoms with Crippen molar-refractivity contribution in [3.63, 3.8) is 0 Å². The highest BCUT2D eigenvalue weighted by atomic mass is 16.5. The molecule has 0 amide bonds. The van der Waals surface area contributed by atoms with E-state index in [9.17, 15) is 4.79 Å². The molecule has 4 heteroatoms. The third kappa shape index (κ3) is 2.32. The van der Waals surface area contributed by atoms with Gasteiger partial charge in [-0.25, -0.2) is 0 Å². The highest BCUT2D eigenvalue weighted by Crippen LogP contribution is 2.29. The number of likely N-dealkylation sites (N-methyl/N-ethyl adjacent to an activating group) is 1. The molecule has 86 valence electrons. The van der Waals surface area contributed by atoms with Gasteiger partial charge in [-0.1, -0.05) is 0 Å². The lowest BCUT2D eigenvalue weighted by Gasteiger charge is -2.26. The molecular weight excluding hydrogens is 192 g/mol. The minimum absolute atomic E-state index is 0.101. The maximum absolute atomic E-state index is 11.3. The summed E-state index contributed by atoms with van der Waals surface area (Å²) in [5, 5.41) is 0. The van der Waals surface area contributed by atoms with Crippen LogP contribution in [0.4, 0.5) is 0 Å². The predicted molar refractivity (Wildman–Crippen MR) is 57.6 cm³/mol. The molecule has 2 fully saturated rings. The van der Waals surface area contributed by atoms with Gasteiger partial charge in [0, 0.05) is 18.6 Å². The highest BCUT2D eigenvalue weighted by Gasteiger charge is 2.37. The van der Waals surface area contributed by atoms with Crippen molar-refractivity contribution in [3.05, 3.63) is 0 Å². The Morgan fingerprint density at radius 3 is 2.80 bits per heavy atom. The van der Waals surface area contributed by atoms with E-state index in [0.29, 0.717) is 18.6 Å². The molecule has 0 radical (unpaired) electrons. The zero-order chi connectivity index (χ0) is 10.8. The summed E-state index contributed by atoms with van der Waals surface area (Å²) in [6, 6.07) is 1.15. The Hall–Kier alpha value is -0.610. The monoisotopic (exact) mass is 212 g/mol. The molecule has 4 nitrogen and oxygen atoms in total. The summed E-state index contributed by atoms with van der Waals surface area (Å²) in [4.78, 5) is 16.0. The van der Waals surface area contributed by atoms with E-state index in [2.05, 4.69) is 16.8 Å². The number of likely N-dealkylation sites (tertiary alicyclic amines) is 1. The van der Waals surface area contributed by atoms with E-state index in [4.69, 9.17) is 4.74 Å². The van der Waals surface area contributed by atoms with Crippen LogP contribution in [0.5, 0.6) is 0 Å². The Balaban J connectivity index is 2.01. The summed E-state index contributed by atoms with van der Waals surface area (Å²) >= 11 is 0. The Morgan fingerprint density at radius 2 is 2.07 bits per heavy atom. The van der Waals surface area contributed by atoms with Gasteiger partial charge in [0.1, 0.15) is 0 Å². The molecular formula is C11H20N2O2. The molecule has 15 heavy (non-hydrogen) atoms. The van der Waals surface area contributed by atoms with Crippen molar-refractivity contribution in [2.45, 2.75) is 31.3 Å². The summed E-state index contributed by atoms with van der Waals surface area (Å²) in [5.74, 6) is -0.101. The molecule has 0 N–H and O–H groups in total. The molecule has 2 heterocycles. The Morgan fingerprint density at radius 1 is 1.33 bits per heavy atom. The number of carbonyl (C=O) groups is 1. The predicted octanol–water partition coefficient (Wildman–Crippen LogP) is 0.328. The van der Waals surface area contributed by atoms with Crippen molar-refractivity contribution in [2.24, 2.45) is 0 Å². The van der Waals surface area contributed by atoms with Gasteiger partial charge in [0.25, 0.3) is 0 Å². The van der Waals surface area contributed by atoms with Crippen molar-refractivity contribution < 1.29 is 9.53 Å². The summed E-state index contributed by atoms with van der Waals surface area (Å²) < 4.78 is 4.75. The highest BCUT2D eigenvalue weighted by molar-refractivity contribution is 5.71. The van der Waals surface area contributed by atoms with Crippen LogP contribution in [0.1, 0.15) is 19.3 Å². The molecule has 2 rings (SSSR count). The fraction of sp³-hybridized carbons (Fsp3) is 0.909. The molecule has 0 aliphatic carbocycles. The Bertz CT molecular complexity index is 245. The molecule has 0 aromatic rings. The zero-order valence-electron chi connectivity index (χ0n) is 9.61. The largest absolute Gasteiger partial charge is 0.468 e. The number of hydrogen-bond acceptors (Lipinski definition) is 4. The molecule has 2 aliphatic heterocycles. The van der Waals surface area contributed by atoms with Gasteiger partial charge in [0.05, 0.1) is 13.7 Å². The number of fused-ring (bicyclic) bond motifs is 2. The first-order chi connectivity index (χ1) is 7.20. The van der Waals surface area contributed by atoms with Gasteiger partial charge in [0.15, 0.2) is 0 Å². The van der Waals surface area contributed by atoms with E-state index in [0.717, 1.165) is 13.1 Å². The lowest BCUT2D eigenvalue weighted by molar-refractivity contribution is -0.142. The van der Waals surface area contributed by atoms with Gasteiger partial charge in [-0.05, 0) is 32.9 Å². The minimum Gasteiger partial charge on any atom is -0.468 e. The van der Waals surface area contributed by atoms with Crippen molar-refractivity contribution in [3.8, 4) is 0 Å². The molecule has 2 saturated heterocycles. The normalized spacial score (nSPS) is 32.7. The van der Waals surface area contributed by atoms with E-state index in [-0.39, 0.29) is 5.97 Å². The topological polar surface area (TPSA) is 32.8 Å². The molecule has 0 spiro atoms. The third-order valence-electron chi connectivity index (χ3n) is 3.68. The quantitative estimate of drug-likeness (QED) is 0.617. The van der Waals surface area contributed by atoms with Crippen molar-refractivity contribution in [2.75, 3.05) is 33.8 Å². The van der Waals surface area contributed by atoms with E-state index < -0.39 is 0 Å². The van der Waals surface area contributed by atoms with Gasteiger partial charge in [-0.3, -0.25) is 9.69 Å². The second kappa shape index (κ2) is 4.49. The number of methoxy groups -OCH3 is 1. The lowest BCUT2D eigenvalue weighted by atomic mass is 10.1. The van der Waals surface area contributed by atoms with Crippen LogP contribution < -0.4 is 0 Å². The van der Waals surface area contributed by atoms with E-state index in [1.807, 2.05) is 0 Å². The van der Waals surface area contributed by atoms with E-state index in [1.165, 1.54) is 26.4 Å². The summed E-state index contributed by atoms with van der Waals surface area (Å²) in [6.07, 6.45) is 3.66. The Labute approximate surface area is 91.2 Å². The zero-order valence-corrected chi connectivity index (χ0v) is 9.61. The van der Waals surface area contributed by atoms with Gasteiger partial charge in [0.2, 0.25) is 0 Å². The number of nitrogens with zero attached hydrogens (tertiary/aromatic N) is 2. The first-order valence-electron chi connectivity index (χ1n) is 5.72. The molecule has 2 atom stereocenters. The van der Waals surface area contributed by atoms with Crippen molar-refractivity contribution in [1.29, 1.82) is 0 Å². The molecule has 0 saturated carbocycles. The number of hydrogen-bond donors (Lipinski definition) is 0. The van der Waals surface area contributed by atoms with Crippen LogP contribution in [0.15, 0.2) is 0 Å². The standard InChI is InChI=1S/C11H20N2O2/c1-12-6-5-9-3-4-10(7-12)13(9)8-11(14)15-2/h9-10H,3-8H2,1-2H3. The maximum Gasteiger partial charge on any atom is 0.319 e. The van der Waals surface area contributed by atoms with Crippen molar-refractivity contribution in [1.82, 2.24) is 9.80 Å². The lowest BCUT2D eigenvalue weighted by Crippen LogP contribution is -2.41. The van der Waals surface area contributed by atoms with Crippen LogP contribution in [-0.4, -0.2) is 61.6 Å². The van der Waals surface area contributed by atoms with Crippen LogP contribution in [0, 0.1) is 0 Å². The van der Waals surface area contributed by atoms with Gasteiger partial charge in [-0.2, -0.15) is 0 Å². The molecule has 2 aliphatic rings. The van der Waals surface area contributed by atoms with E-state index >= 15 is 0 Å². The van der Waals surface area contributed by atoms with Crippen molar-refractivity contribution >= 4 is 5.97 Å². The molecule has 2 unspecified atom stereocenters. The minimum atomic E-state index is -0.101. The summed E-state index contributed by atoms with van der Waals surface area (Å²) in [6.45, 7) is 2.71. The van der Waals surface area contributed by atoms with Gasteiger partial charge >= 0.3 is 5.97 Å². The molecule has 0 aromatic carbocycles. The van der Waals surface area contributed by atoms with Crippen LogP contribution in [0.3, 0.4) is 0 Å². The summed E-state index contributed by atoms with van der Waals surface area (Å²) in [5.41, 5.74) is 0. The maximum atomic E-state index is 11.3. The summed E-state index contributed by atoms with van der Waals surface area (Å²) in [7, 11) is 3.63. The SMILES string of the molecule is COC(=O)CN1C2CCC1CN(C)CC2. The number of esters is 1. The second-order valence-corrected chi connectivity index (χ2v) is 4.68. The van der Waals surface area contributed by atoms with Crippen LogP contribution in [0.2, 0.25) is 0 Å². The third-order valence-corrected chi connectivity index (χ3v) is 3.68. The molecule has 0 aromatic heterocycles. The number of rotatable bonds is 2. The Kier molecular flexibility index (Phi) is 3.26. The average molecular weight is 212 g/mol. The number of ether oxygens (including phenoxy) is 1. The van der Waals surface area contributed by atoms with Gasteiger partial charge in [-0.15, -0.1) is 0 Å². The fourth-order valence-corrected chi connectivity index (χ4v) is 2.81. The van der Waals surface area contributed by atoms with Crippen LogP contribution >= 0.6 is 0 Å². The smallest absolute Gasteiger partial charge is 0.319 e.